The zero-order valence-electron chi connectivity index (χ0n) is 9.73. The van der Waals surface area contributed by atoms with Gasteiger partial charge in [-0.3, -0.25) is 4.98 Å². The average molecular weight is 375 g/mol. The summed E-state index contributed by atoms with van der Waals surface area (Å²) < 4.78 is 6.26. The summed E-state index contributed by atoms with van der Waals surface area (Å²) in [6.45, 7) is 0. The van der Waals surface area contributed by atoms with Crippen LogP contribution < -0.4 is 10.5 Å². The van der Waals surface area contributed by atoms with Gasteiger partial charge >= 0.3 is 0 Å². The van der Waals surface area contributed by atoms with Crippen molar-refractivity contribution in [3.05, 3.63) is 56.4 Å². The van der Waals surface area contributed by atoms with Crippen molar-refractivity contribution in [2.45, 2.75) is 6.04 Å². The van der Waals surface area contributed by atoms with E-state index in [1.165, 1.54) is 0 Å². The number of benzene rings is 1. The molecule has 1 atom stereocenters. The van der Waals surface area contributed by atoms with Gasteiger partial charge in [-0.15, -0.1) is 0 Å². The number of ether oxygens (including phenoxy) is 1. The molecule has 0 aliphatic heterocycles. The van der Waals surface area contributed by atoms with E-state index in [0.29, 0.717) is 16.5 Å². The third kappa shape index (κ3) is 2.76. The summed E-state index contributed by atoms with van der Waals surface area (Å²) in [4.78, 5) is 4.28. The standard InChI is InChI=1S/C13H12ClIN2O/c1-18-11-3-2-6-17-13(11)12(16)8-4-5-10(15)9(14)7-8/h2-7,12H,16H2,1H3. The van der Waals surface area contributed by atoms with Crippen LogP contribution >= 0.6 is 34.2 Å². The Morgan fingerprint density at radius 3 is 2.83 bits per heavy atom. The second kappa shape index (κ2) is 5.86. The first-order valence-electron chi connectivity index (χ1n) is 5.33. The Labute approximate surface area is 124 Å². The maximum Gasteiger partial charge on any atom is 0.142 e. The molecule has 0 aliphatic rings. The first-order valence-corrected chi connectivity index (χ1v) is 6.78. The molecule has 3 nitrogen and oxygen atoms in total. The molecule has 2 aromatic rings. The Bertz CT molecular complexity index is 562. The molecule has 0 saturated carbocycles. The highest BCUT2D eigenvalue weighted by atomic mass is 127. The number of nitrogens with two attached hydrogens (primary N) is 1. The molecule has 0 spiro atoms. The van der Waals surface area contributed by atoms with E-state index >= 15 is 0 Å². The number of methoxy groups -OCH3 is 1. The molecule has 1 unspecified atom stereocenters. The van der Waals surface area contributed by atoms with Crippen molar-refractivity contribution >= 4 is 34.2 Å². The molecule has 0 bridgehead atoms. The van der Waals surface area contributed by atoms with Crippen LogP contribution in [-0.2, 0) is 0 Å². The van der Waals surface area contributed by atoms with Crippen LogP contribution in [0, 0.1) is 3.57 Å². The second-order valence-electron chi connectivity index (χ2n) is 3.74. The number of nitrogens with zero attached hydrogens (tertiary/aromatic N) is 1. The van der Waals surface area contributed by atoms with Gasteiger partial charge in [0.1, 0.15) is 11.4 Å². The van der Waals surface area contributed by atoms with E-state index in [1.54, 1.807) is 13.3 Å². The van der Waals surface area contributed by atoms with Crippen molar-refractivity contribution in [2.75, 3.05) is 7.11 Å². The van der Waals surface area contributed by atoms with Crippen molar-refractivity contribution in [1.82, 2.24) is 4.98 Å². The molecule has 1 aromatic carbocycles. The zero-order valence-corrected chi connectivity index (χ0v) is 12.6. The van der Waals surface area contributed by atoms with Crippen LogP contribution in [-0.4, -0.2) is 12.1 Å². The molecular formula is C13H12ClIN2O. The average Bonchev–Trinajstić information content (AvgIpc) is 2.41. The van der Waals surface area contributed by atoms with Crippen LogP contribution in [0.3, 0.4) is 0 Å². The minimum Gasteiger partial charge on any atom is -0.495 e. The summed E-state index contributed by atoms with van der Waals surface area (Å²) in [6, 6.07) is 9.06. The molecule has 2 rings (SSSR count). The maximum absolute atomic E-state index is 6.21. The zero-order chi connectivity index (χ0) is 13.1. The molecule has 5 heteroatoms. The van der Waals surface area contributed by atoms with Crippen molar-refractivity contribution in [3.63, 3.8) is 0 Å². The van der Waals surface area contributed by atoms with E-state index < -0.39 is 0 Å². The summed E-state index contributed by atoms with van der Waals surface area (Å²) in [5, 5.41) is 0.693. The van der Waals surface area contributed by atoms with Gasteiger partial charge in [0.05, 0.1) is 18.2 Å². The maximum atomic E-state index is 6.21. The van der Waals surface area contributed by atoms with Crippen molar-refractivity contribution in [2.24, 2.45) is 5.73 Å². The van der Waals surface area contributed by atoms with E-state index in [1.807, 2.05) is 30.3 Å². The van der Waals surface area contributed by atoms with Crippen LogP contribution in [0.5, 0.6) is 5.75 Å². The Kier molecular flexibility index (Phi) is 4.42. The fraction of sp³-hybridized carbons (Fsp3) is 0.154. The molecule has 2 N–H and O–H groups in total. The van der Waals surface area contributed by atoms with Gasteiger partial charge in [-0.05, 0) is 52.4 Å². The lowest BCUT2D eigenvalue weighted by Gasteiger charge is -2.15. The van der Waals surface area contributed by atoms with Gasteiger partial charge in [0.2, 0.25) is 0 Å². The minimum absolute atomic E-state index is 0.351. The topological polar surface area (TPSA) is 48.1 Å². The molecule has 0 fully saturated rings. The lowest BCUT2D eigenvalue weighted by Crippen LogP contribution is -2.14. The Hall–Kier alpha value is -0.850. The predicted molar refractivity (Wildman–Crippen MR) is 81.0 cm³/mol. The molecule has 0 aliphatic carbocycles. The normalized spacial score (nSPS) is 12.2. The number of pyridine rings is 1. The number of hydrogen-bond donors (Lipinski definition) is 1. The van der Waals surface area contributed by atoms with Gasteiger partial charge < -0.3 is 10.5 Å². The number of aromatic nitrogens is 1. The predicted octanol–water partition coefficient (Wildman–Crippen LogP) is 3.40. The highest BCUT2D eigenvalue weighted by Gasteiger charge is 2.16. The van der Waals surface area contributed by atoms with E-state index in [2.05, 4.69) is 27.6 Å². The van der Waals surface area contributed by atoms with E-state index in [0.717, 1.165) is 9.13 Å². The summed E-state index contributed by atoms with van der Waals surface area (Å²) in [6.07, 6.45) is 1.70. The van der Waals surface area contributed by atoms with E-state index in [4.69, 9.17) is 22.1 Å². The quantitative estimate of drug-likeness (QED) is 0.838. The Morgan fingerprint density at radius 2 is 2.17 bits per heavy atom. The highest BCUT2D eigenvalue weighted by Crippen LogP contribution is 2.29. The highest BCUT2D eigenvalue weighted by molar-refractivity contribution is 14.1. The summed E-state index contributed by atoms with van der Waals surface area (Å²) >= 11 is 8.28. The molecule has 18 heavy (non-hydrogen) atoms. The summed E-state index contributed by atoms with van der Waals surface area (Å²) in [5.74, 6) is 0.680. The SMILES string of the molecule is COc1cccnc1C(N)c1ccc(I)c(Cl)c1. The lowest BCUT2D eigenvalue weighted by molar-refractivity contribution is 0.404. The first-order chi connectivity index (χ1) is 8.63. The fourth-order valence-electron chi connectivity index (χ4n) is 1.67. The number of rotatable bonds is 3. The molecule has 1 heterocycles. The molecule has 0 saturated heterocycles. The fourth-order valence-corrected chi connectivity index (χ4v) is 2.20. The van der Waals surface area contributed by atoms with Gasteiger partial charge in [0.15, 0.2) is 0 Å². The van der Waals surface area contributed by atoms with E-state index in [-0.39, 0.29) is 6.04 Å². The minimum atomic E-state index is -0.351. The van der Waals surface area contributed by atoms with Crippen LogP contribution in [0.1, 0.15) is 17.3 Å². The Balaban J connectivity index is 2.41. The van der Waals surface area contributed by atoms with Crippen molar-refractivity contribution in [3.8, 4) is 5.75 Å². The third-order valence-electron chi connectivity index (χ3n) is 2.62. The van der Waals surface area contributed by atoms with Gasteiger partial charge in [-0.25, -0.2) is 0 Å². The van der Waals surface area contributed by atoms with Crippen LogP contribution in [0.15, 0.2) is 36.5 Å². The molecule has 0 radical (unpaired) electrons. The summed E-state index contributed by atoms with van der Waals surface area (Å²) in [7, 11) is 1.61. The van der Waals surface area contributed by atoms with Crippen LogP contribution in [0.4, 0.5) is 0 Å². The number of halogens is 2. The summed E-state index contributed by atoms with van der Waals surface area (Å²) in [5.41, 5.74) is 7.83. The van der Waals surface area contributed by atoms with Crippen LogP contribution in [0.25, 0.3) is 0 Å². The van der Waals surface area contributed by atoms with Gasteiger partial charge in [-0.1, -0.05) is 17.7 Å². The van der Waals surface area contributed by atoms with E-state index in [9.17, 15) is 0 Å². The first kappa shape index (κ1) is 13.6. The van der Waals surface area contributed by atoms with Gasteiger partial charge in [0, 0.05) is 9.77 Å². The smallest absolute Gasteiger partial charge is 0.142 e. The number of hydrogen-bond acceptors (Lipinski definition) is 3. The van der Waals surface area contributed by atoms with Crippen LogP contribution in [0.2, 0.25) is 5.02 Å². The molecule has 0 amide bonds. The molecule has 1 aromatic heterocycles. The van der Waals surface area contributed by atoms with Gasteiger partial charge in [-0.2, -0.15) is 0 Å². The largest absolute Gasteiger partial charge is 0.495 e. The molecular weight excluding hydrogens is 363 g/mol. The monoisotopic (exact) mass is 374 g/mol. The van der Waals surface area contributed by atoms with Crippen molar-refractivity contribution < 1.29 is 4.74 Å². The Morgan fingerprint density at radius 1 is 1.39 bits per heavy atom. The second-order valence-corrected chi connectivity index (χ2v) is 5.31. The van der Waals surface area contributed by atoms with Gasteiger partial charge in [0.25, 0.3) is 0 Å². The third-order valence-corrected chi connectivity index (χ3v) is 4.19. The van der Waals surface area contributed by atoms with Crippen molar-refractivity contribution in [1.29, 1.82) is 0 Å². The molecule has 94 valence electrons. The lowest BCUT2D eigenvalue weighted by atomic mass is 10.0.